The van der Waals surface area contributed by atoms with E-state index in [0.29, 0.717) is 17.3 Å². The van der Waals surface area contributed by atoms with E-state index < -0.39 is 5.60 Å². The fourth-order valence-corrected chi connectivity index (χ4v) is 2.39. The molecule has 0 amide bonds. The van der Waals surface area contributed by atoms with Crippen molar-refractivity contribution < 1.29 is 4.74 Å². The number of hydrogen-bond acceptors (Lipinski definition) is 3. The zero-order valence-corrected chi connectivity index (χ0v) is 13.3. The lowest BCUT2D eigenvalue weighted by atomic mass is 10.1. The van der Waals surface area contributed by atoms with Gasteiger partial charge in [-0.05, 0) is 32.0 Å². The molecule has 1 aromatic carbocycles. The van der Waals surface area contributed by atoms with E-state index in [-0.39, 0.29) is 0 Å². The second-order valence-electron chi connectivity index (χ2n) is 5.39. The van der Waals surface area contributed by atoms with Crippen molar-refractivity contribution in [1.29, 1.82) is 0 Å². The predicted octanol–water partition coefficient (Wildman–Crippen LogP) is 3.37. The van der Waals surface area contributed by atoms with Crippen LogP contribution in [0.5, 0.6) is 5.75 Å². The summed E-state index contributed by atoms with van der Waals surface area (Å²) in [6, 6.07) is 7.57. The fraction of sp³-hybridized carbons (Fsp3) is 0.438. The molecule has 0 aliphatic rings. The van der Waals surface area contributed by atoms with Gasteiger partial charge in [0.15, 0.2) is 0 Å². The Morgan fingerprint density at radius 3 is 2.86 bits per heavy atom. The molecule has 0 fully saturated rings. The first-order chi connectivity index (χ1) is 10.1. The van der Waals surface area contributed by atoms with Gasteiger partial charge in [-0.2, -0.15) is 0 Å². The number of hydrogen-bond donors (Lipinski definition) is 1. The average molecular weight is 308 g/mol. The molecule has 2 rings (SSSR count). The lowest BCUT2D eigenvalue weighted by Gasteiger charge is -2.32. The Balaban J connectivity index is 2.12. The van der Waals surface area contributed by atoms with Gasteiger partial charge >= 0.3 is 0 Å². The quantitative estimate of drug-likeness (QED) is 0.760. The van der Waals surface area contributed by atoms with Crippen molar-refractivity contribution in [1.82, 2.24) is 14.9 Å². The summed E-state index contributed by atoms with van der Waals surface area (Å²) in [4.78, 5) is 4.09. The molecule has 21 heavy (non-hydrogen) atoms. The van der Waals surface area contributed by atoms with Gasteiger partial charge in [0.2, 0.25) is 0 Å². The molecule has 2 aromatic rings. The second kappa shape index (κ2) is 7.48. The topological polar surface area (TPSA) is 39.1 Å². The molecule has 1 atom stereocenters. The van der Waals surface area contributed by atoms with Crippen molar-refractivity contribution in [2.75, 3.05) is 13.1 Å². The zero-order valence-electron chi connectivity index (χ0n) is 12.6. The standard InChI is InChI=1S/C16H22ClN3O/c1-3-8-18-11-16(2,12-20-10-9-19-13-20)21-15-7-5-4-6-14(15)17/h4-7,9-10,13,18H,3,8,11-12H2,1-2H3. The van der Waals surface area contributed by atoms with E-state index in [1.54, 1.807) is 12.5 Å². The number of nitrogens with one attached hydrogen (secondary N) is 1. The minimum Gasteiger partial charge on any atom is -0.483 e. The maximum atomic E-state index is 6.21. The van der Waals surface area contributed by atoms with Crippen LogP contribution in [0.1, 0.15) is 20.3 Å². The van der Waals surface area contributed by atoms with Crippen LogP contribution in [0.25, 0.3) is 0 Å². The van der Waals surface area contributed by atoms with E-state index in [0.717, 1.165) is 19.5 Å². The van der Waals surface area contributed by atoms with Crippen molar-refractivity contribution in [3.05, 3.63) is 48.0 Å². The van der Waals surface area contributed by atoms with Crippen molar-refractivity contribution in [3.63, 3.8) is 0 Å². The van der Waals surface area contributed by atoms with Crippen LogP contribution in [0.15, 0.2) is 43.0 Å². The van der Waals surface area contributed by atoms with Crippen LogP contribution in [-0.4, -0.2) is 28.2 Å². The molecule has 1 heterocycles. The number of aromatic nitrogens is 2. The molecule has 0 aliphatic heterocycles. The number of halogens is 1. The Labute approximate surface area is 131 Å². The summed E-state index contributed by atoms with van der Waals surface area (Å²) < 4.78 is 8.23. The highest BCUT2D eigenvalue weighted by molar-refractivity contribution is 6.32. The third kappa shape index (κ3) is 4.76. The van der Waals surface area contributed by atoms with Gasteiger partial charge in [-0.3, -0.25) is 0 Å². The van der Waals surface area contributed by atoms with Gasteiger partial charge in [0, 0.05) is 18.9 Å². The molecule has 0 radical (unpaired) electrons. The molecule has 0 bridgehead atoms. The summed E-state index contributed by atoms with van der Waals surface area (Å²) in [5.74, 6) is 0.708. The summed E-state index contributed by atoms with van der Waals surface area (Å²) in [6.07, 6.45) is 6.60. The van der Waals surface area contributed by atoms with Crippen LogP contribution < -0.4 is 10.1 Å². The number of ether oxygens (including phenoxy) is 1. The molecule has 1 N–H and O–H groups in total. The van der Waals surface area contributed by atoms with Gasteiger partial charge in [-0.25, -0.2) is 4.98 Å². The Morgan fingerprint density at radius 1 is 1.38 bits per heavy atom. The minimum absolute atomic E-state index is 0.402. The molecule has 1 unspecified atom stereocenters. The molecule has 1 aromatic heterocycles. The Bertz CT molecular complexity index is 544. The Hall–Kier alpha value is -1.52. The molecular weight excluding hydrogens is 286 g/mol. The maximum Gasteiger partial charge on any atom is 0.138 e. The van der Waals surface area contributed by atoms with Crippen molar-refractivity contribution in [3.8, 4) is 5.75 Å². The van der Waals surface area contributed by atoms with E-state index in [1.807, 2.05) is 35.0 Å². The molecule has 0 aliphatic carbocycles. The summed E-state index contributed by atoms with van der Waals surface area (Å²) in [5.41, 5.74) is -0.402. The first-order valence-electron chi connectivity index (χ1n) is 7.23. The second-order valence-corrected chi connectivity index (χ2v) is 5.80. The molecular formula is C16H22ClN3O. The van der Waals surface area contributed by atoms with Crippen LogP contribution in [0.2, 0.25) is 5.02 Å². The number of para-hydroxylation sites is 1. The lowest BCUT2D eigenvalue weighted by Crippen LogP contribution is -2.46. The fourth-order valence-electron chi connectivity index (χ4n) is 2.21. The minimum atomic E-state index is -0.402. The average Bonchev–Trinajstić information content (AvgIpc) is 2.94. The van der Waals surface area contributed by atoms with Crippen LogP contribution in [0, 0.1) is 0 Å². The third-order valence-corrected chi connectivity index (χ3v) is 3.51. The largest absolute Gasteiger partial charge is 0.483 e. The van der Waals surface area contributed by atoms with Gasteiger partial charge in [0.1, 0.15) is 11.4 Å². The molecule has 5 heteroatoms. The van der Waals surface area contributed by atoms with Crippen molar-refractivity contribution in [2.24, 2.45) is 0 Å². The van der Waals surface area contributed by atoms with Crippen molar-refractivity contribution in [2.45, 2.75) is 32.4 Å². The van der Waals surface area contributed by atoms with Gasteiger partial charge in [0.25, 0.3) is 0 Å². The number of rotatable bonds is 8. The maximum absolute atomic E-state index is 6.21. The Morgan fingerprint density at radius 2 is 2.19 bits per heavy atom. The van der Waals surface area contributed by atoms with Gasteiger partial charge < -0.3 is 14.6 Å². The number of imidazole rings is 1. The normalized spacial score (nSPS) is 13.9. The highest BCUT2D eigenvalue weighted by atomic mass is 35.5. The monoisotopic (exact) mass is 307 g/mol. The summed E-state index contributed by atoms with van der Waals surface area (Å²) >= 11 is 6.21. The Kier molecular flexibility index (Phi) is 5.65. The SMILES string of the molecule is CCCNCC(C)(Cn1ccnc1)Oc1ccccc1Cl. The van der Waals surface area contributed by atoms with E-state index in [1.165, 1.54) is 0 Å². The van der Waals surface area contributed by atoms with Crippen LogP contribution >= 0.6 is 11.6 Å². The van der Waals surface area contributed by atoms with Gasteiger partial charge in [-0.1, -0.05) is 30.7 Å². The van der Waals surface area contributed by atoms with Gasteiger partial charge in [0.05, 0.1) is 17.9 Å². The van der Waals surface area contributed by atoms with Crippen LogP contribution in [-0.2, 0) is 6.54 Å². The van der Waals surface area contributed by atoms with Gasteiger partial charge in [-0.15, -0.1) is 0 Å². The third-order valence-electron chi connectivity index (χ3n) is 3.19. The zero-order chi connectivity index (χ0) is 15.1. The van der Waals surface area contributed by atoms with E-state index in [9.17, 15) is 0 Å². The first-order valence-corrected chi connectivity index (χ1v) is 7.61. The number of benzene rings is 1. The van der Waals surface area contributed by atoms with Crippen molar-refractivity contribution >= 4 is 11.6 Å². The predicted molar refractivity (Wildman–Crippen MR) is 85.9 cm³/mol. The first kappa shape index (κ1) is 15.9. The number of nitrogens with zero attached hydrogens (tertiary/aromatic N) is 2. The summed E-state index contributed by atoms with van der Waals surface area (Å²) in [6.45, 7) is 6.64. The van der Waals surface area contributed by atoms with E-state index >= 15 is 0 Å². The highest BCUT2D eigenvalue weighted by Crippen LogP contribution is 2.28. The molecule has 4 nitrogen and oxygen atoms in total. The summed E-state index contributed by atoms with van der Waals surface area (Å²) in [7, 11) is 0. The molecule has 114 valence electrons. The van der Waals surface area contributed by atoms with E-state index in [2.05, 4.69) is 24.1 Å². The van der Waals surface area contributed by atoms with E-state index in [4.69, 9.17) is 16.3 Å². The summed E-state index contributed by atoms with van der Waals surface area (Å²) in [5, 5.41) is 4.06. The van der Waals surface area contributed by atoms with Crippen LogP contribution in [0.4, 0.5) is 0 Å². The molecule has 0 saturated carbocycles. The lowest BCUT2D eigenvalue weighted by molar-refractivity contribution is 0.0691. The van der Waals surface area contributed by atoms with Crippen LogP contribution in [0.3, 0.4) is 0 Å². The molecule has 0 saturated heterocycles. The smallest absolute Gasteiger partial charge is 0.138 e. The highest BCUT2D eigenvalue weighted by Gasteiger charge is 2.27. The molecule has 0 spiro atoms.